The van der Waals surface area contributed by atoms with Crippen LogP contribution in [0, 0.1) is 16.7 Å². The summed E-state index contributed by atoms with van der Waals surface area (Å²) in [6, 6.07) is 1.87. The third-order valence-corrected chi connectivity index (χ3v) is 8.75. The van der Waals surface area contributed by atoms with Crippen molar-refractivity contribution in [2.24, 2.45) is 16.7 Å². The van der Waals surface area contributed by atoms with E-state index in [2.05, 4.69) is 31.6 Å². The zero-order valence-corrected chi connectivity index (χ0v) is 18.6. The van der Waals surface area contributed by atoms with E-state index in [1.54, 1.807) is 0 Å². The molecule has 1 aromatic rings. The second kappa shape index (κ2) is 8.10. The molecule has 1 saturated carbocycles. The smallest absolute Gasteiger partial charge is 0.231 e. The Labute approximate surface area is 181 Å². The predicted octanol–water partition coefficient (Wildman–Crippen LogP) is 3.20. The minimum Gasteiger partial charge on any atom is -0.342 e. The van der Waals surface area contributed by atoms with Crippen molar-refractivity contribution in [1.29, 1.82) is 0 Å². The number of aromatic nitrogens is 2. The molecule has 2 spiro atoms. The van der Waals surface area contributed by atoms with Crippen LogP contribution in [0.15, 0.2) is 18.5 Å². The largest absolute Gasteiger partial charge is 0.342 e. The van der Waals surface area contributed by atoms with Crippen LogP contribution < -0.4 is 4.90 Å². The summed E-state index contributed by atoms with van der Waals surface area (Å²) in [6.45, 7) is 9.11. The summed E-state index contributed by atoms with van der Waals surface area (Å²) in [5.74, 6) is 2.08. The van der Waals surface area contributed by atoms with Gasteiger partial charge in [0.25, 0.3) is 0 Å². The van der Waals surface area contributed by atoms with Gasteiger partial charge < -0.3 is 14.7 Å². The molecule has 30 heavy (non-hydrogen) atoms. The van der Waals surface area contributed by atoms with Crippen molar-refractivity contribution in [3.05, 3.63) is 18.5 Å². The average Bonchev–Trinajstić information content (AvgIpc) is 3.29. The van der Waals surface area contributed by atoms with Crippen LogP contribution in [-0.4, -0.2) is 71.5 Å². The zero-order valence-electron chi connectivity index (χ0n) is 18.6. The van der Waals surface area contributed by atoms with Gasteiger partial charge in [0.15, 0.2) is 0 Å². The van der Waals surface area contributed by atoms with Crippen molar-refractivity contribution in [3.8, 4) is 0 Å². The second-order valence-corrected chi connectivity index (χ2v) is 10.2. The number of likely N-dealkylation sites (tertiary alicyclic amines) is 2. The molecule has 1 amide bonds. The molecule has 0 N–H and O–H groups in total. The molecule has 1 aromatic heterocycles. The number of carbonyl (C=O) groups is 1. The average molecular weight is 412 g/mol. The lowest BCUT2D eigenvalue weighted by atomic mass is 9.60. The van der Waals surface area contributed by atoms with Crippen molar-refractivity contribution >= 4 is 11.9 Å². The Morgan fingerprint density at radius 2 is 1.73 bits per heavy atom. The van der Waals surface area contributed by atoms with Crippen LogP contribution in [0.5, 0.6) is 0 Å². The highest BCUT2D eigenvalue weighted by atomic mass is 16.2. The molecule has 4 heterocycles. The van der Waals surface area contributed by atoms with Gasteiger partial charge in [0.1, 0.15) is 0 Å². The molecular weight excluding hydrogens is 374 g/mol. The molecule has 164 valence electrons. The normalized spacial score (nSPS) is 30.1. The molecule has 3 aliphatic heterocycles. The first-order valence-corrected chi connectivity index (χ1v) is 12.2. The summed E-state index contributed by atoms with van der Waals surface area (Å²) in [5, 5.41) is 0. The molecule has 1 unspecified atom stereocenters. The molecular formula is C24H37N5O. The highest BCUT2D eigenvalue weighted by molar-refractivity contribution is 5.87. The van der Waals surface area contributed by atoms with Crippen molar-refractivity contribution in [2.75, 3.05) is 50.7 Å². The standard InChI is InChI=1S/C24H37N5O/c1-2-28-16-11-24(21(28)30)19-29(22-25-12-6-13-26-22)18-23(24)9-14-27(15-10-23)17-20-7-4-3-5-8-20/h6,12-13,20H,2-5,7-11,14-19H2,1H3. The van der Waals surface area contributed by atoms with E-state index >= 15 is 0 Å². The first-order valence-electron chi connectivity index (χ1n) is 12.2. The molecule has 0 aromatic carbocycles. The summed E-state index contributed by atoms with van der Waals surface area (Å²) in [4.78, 5) is 29.8. The number of anilines is 1. The maximum absolute atomic E-state index is 13.7. The highest BCUT2D eigenvalue weighted by Gasteiger charge is 2.65. The minimum absolute atomic E-state index is 0.0657. The van der Waals surface area contributed by atoms with Crippen LogP contribution in [0.2, 0.25) is 0 Å². The van der Waals surface area contributed by atoms with Gasteiger partial charge in [-0.25, -0.2) is 9.97 Å². The van der Waals surface area contributed by atoms with E-state index in [4.69, 9.17) is 0 Å². The maximum atomic E-state index is 13.7. The molecule has 3 saturated heterocycles. The number of fused-ring (bicyclic) bond motifs is 1. The summed E-state index contributed by atoms with van der Waals surface area (Å²) in [5.41, 5.74) is -0.185. The van der Waals surface area contributed by atoms with E-state index in [9.17, 15) is 4.79 Å². The van der Waals surface area contributed by atoms with E-state index < -0.39 is 0 Å². The molecule has 0 radical (unpaired) electrons. The van der Waals surface area contributed by atoms with Crippen molar-refractivity contribution in [3.63, 3.8) is 0 Å². The number of rotatable bonds is 4. The van der Waals surface area contributed by atoms with Gasteiger partial charge in [-0.05, 0) is 64.1 Å². The molecule has 0 bridgehead atoms. The van der Waals surface area contributed by atoms with Gasteiger partial charge in [0.05, 0.1) is 5.41 Å². The minimum atomic E-state index is -0.251. The van der Waals surface area contributed by atoms with E-state index in [1.807, 2.05) is 18.5 Å². The third-order valence-electron chi connectivity index (χ3n) is 8.75. The molecule has 5 rings (SSSR count). The number of hydrogen-bond donors (Lipinski definition) is 0. The van der Waals surface area contributed by atoms with Crippen LogP contribution in [0.25, 0.3) is 0 Å². The predicted molar refractivity (Wildman–Crippen MR) is 118 cm³/mol. The molecule has 4 fully saturated rings. The van der Waals surface area contributed by atoms with E-state index in [1.165, 1.54) is 38.6 Å². The Hall–Kier alpha value is -1.69. The van der Waals surface area contributed by atoms with Gasteiger partial charge in [0.2, 0.25) is 11.9 Å². The van der Waals surface area contributed by atoms with Gasteiger partial charge >= 0.3 is 0 Å². The fourth-order valence-electron chi connectivity index (χ4n) is 6.97. The summed E-state index contributed by atoms with van der Waals surface area (Å²) in [7, 11) is 0. The quantitative estimate of drug-likeness (QED) is 0.762. The Morgan fingerprint density at radius 3 is 2.40 bits per heavy atom. The van der Waals surface area contributed by atoms with Crippen LogP contribution in [0.3, 0.4) is 0 Å². The number of nitrogens with zero attached hydrogens (tertiary/aromatic N) is 5. The summed E-state index contributed by atoms with van der Waals surface area (Å²) in [6.07, 6.45) is 14.0. The number of amides is 1. The SMILES string of the molecule is CCN1CCC2(CN(c3ncccn3)CC23CCN(CC2CCCCC2)CC3)C1=O. The number of piperidine rings is 1. The molecule has 6 heteroatoms. The fourth-order valence-corrected chi connectivity index (χ4v) is 6.97. The van der Waals surface area contributed by atoms with Gasteiger partial charge in [-0.2, -0.15) is 0 Å². The topological polar surface area (TPSA) is 52.6 Å². The Bertz CT molecular complexity index is 741. The van der Waals surface area contributed by atoms with E-state index in [0.29, 0.717) is 5.91 Å². The lowest BCUT2D eigenvalue weighted by Gasteiger charge is -2.47. The van der Waals surface area contributed by atoms with Crippen LogP contribution in [-0.2, 0) is 4.79 Å². The van der Waals surface area contributed by atoms with Crippen LogP contribution in [0.1, 0.15) is 58.3 Å². The molecule has 1 atom stereocenters. The summed E-state index contributed by atoms with van der Waals surface area (Å²) >= 11 is 0. The monoisotopic (exact) mass is 411 g/mol. The van der Waals surface area contributed by atoms with E-state index in [0.717, 1.165) is 70.4 Å². The summed E-state index contributed by atoms with van der Waals surface area (Å²) < 4.78 is 0. The first kappa shape index (κ1) is 20.2. The van der Waals surface area contributed by atoms with E-state index in [-0.39, 0.29) is 10.8 Å². The van der Waals surface area contributed by atoms with Crippen LogP contribution >= 0.6 is 0 Å². The van der Waals surface area contributed by atoms with Crippen molar-refractivity contribution in [2.45, 2.75) is 58.3 Å². The molecule has 4 aliphatic rings. The van der Waals surface area contributed by atoms with Gasteiger partial charge in [0, 0.05) is 50.5 Å². The molecule has 1 aliphatic carbocycles. The van der Waals surface area contributed by atoms with Gasteiger partial charge in [-0.15, -0.1) is 0 Å². The number of carbonyl (C=O) groups excluding carboxylic acids is 1. The Balaban J connectivity index is 1.36. The van der Waals surface area contributed by atoms with Crippen molar-refractivity contribution in [1.82, 2.24) is 19.8 Å². The second-order valence-electron chi connectivity index (χ2n) is 10.2. The number of hydrogen-bond acceptors (Lipinski definition) is 5. The Kier molecular flexibility index (Phi) is 5.46. The van der Waals surface area contributed by atoms with Crippen LogP contribution in [0.4, 0.5) is 5.95 Å². The van der Waals surface area contributed by atoms with Crippen molar-refractivity contribution < 1.29 is 4.79 Å². The lowest BCUT2D eigenvalue weighted by molar-refractivity contribution is -0.142. The fraction of sp³-hybridized carbons (Fsp3) is 0.792. The highest BCUT2D eigenvalue weighted by Crippen LogP contribution is 2.58. The zero-order chi connectivity index (χ0) is 20.6. The van der Waals surface area contributed by atoms with Gasteiger partial charge in [-0.3, -0.25) is 4.79 Å². The maximum Gasteiger partial charge on any atom is 0.231 e. The first-order chi connectivity index (χ1) is 14.7. The molecule has 6 nitrogen and oxygen atoms in total. The Morgan fingerprint density at radius 1 is 1.00 bits per heavy atom. The van der Waals surface area contributed by atoms with Gasteiger partial charge in [-0.1, -0.05) is 19.3 Å². The lowest BCUT2D eigenvalue weighted by Crippen LogP contribution is -2.53. The third kappa shape index (κ3) is 3.31.